The number of ether oxygens (including phenoxy) is 1. The molecule has 0 radical (unpaired) electrons. The summed E-state index contributed by atoms with van der Waals surface area (Å²) in [6, 6.07) is 12.1. The van der Waals surface area contributed by atoms with Crippen LogP contribution in [0, 0.1) is 5.82 Å². The SMILES string of the molecule is CCOC(=O)C1=C(C)N=c2s/c(=C/c3ccccc3Cl)c(=O)n2[C@@H]1c1ccc(F)cc1. The molecule has 158 valence electrons. The van der Waals surface area contributed by atoms with Gasteiger partial charge in [0.15, 0.2) is 4.80 Å². The maximum Gasteiger partial charge on any atom is 0.338 e. The average Bonchev–Trinajstić information content (AvgIpc) is 3.04. The lowest BCUT2D eigenvalue weighted by Crippen LogP contribution is -2.39. The predicted octanol–water partition coefficient (Wildman–Crippen LogP) is 3.59. The molecule has 2 heterocycles. The monoisotopic (exact) mass is 456 g/mol. The van der Waals surface area contributed by atoms with Crippen molar-refractivity contribution < 1.29 is 13.9 Å². The molecule has 31 heavy (non-hydrogen) atoms. The molecule has 0 aliphatic carbocycles. The summed E-state index contributed by atoms with van der Waals surface area (Å²) in [5, 5.41) is 0.520. The Morgan fingerprint density at radius 3 is 2.65 bits per heavy atom. The third kappa shape index (κ3) is 3.98. The average molecular weight is 457 g/mol. The minimum Gasteiger partial charge on any atom is -0.463 e. The van der Waals surface area contributed by atoms with Crippen LogP contribution in [0.1, 0.15) is 31.0 Å². The number of thiazole rings is 1. The molecule has 5 nitrogen and oxygen atoms in total. The van der Waals surface area contributed by atoms with Crippen LogP contribution in [0.25, 0.3) is 6.08 Å². The summed E-state index contributed by atoms with van der Waals surface area (Å²) < 4.78 is 20.7. The molecule has 1 aromatic heterocycles. The zero-order valence-electron chi connectivity index (χ0n) is 16.8. The largest absolute Gasteiger partial charge is 0.463 e. The molecular formula is C23H18ClFN2O3S. The number of rotatable bonds is 4. The van der Waals surface area contributed by atoms with Crippen molar-refractivity contribution >= 4 is 35.0 Å². The van der Waals surface area contributed by atoms with Gasteiger partial charge in [-0.15, -0.1) is 0 Å². The van der Waals surface area contributed by atoms with Crippen LogP contribution >= 0.6 is 22.9 Å². The Morgan fingerprint density at radius 2 is 1.97 bits per heavy atom. The van der Waals surface area contributed by atoms with E-state index in [1.807, 2.05) is 18.2 Å². The van der Waals surface area contributed by atoms with E-state index in [2.05, 4.69) is 4.99 Å². The van der Waals surface area contributed by atoms with Gasteiger partial charge < -0.3 is 4.74 Å². The third-order valence-corrected chi connectivity index (χ3v) is 6.22. The fraction of sp³-hybridized carbons (Fsp3) is 0.174. The van der Waals surface area contributed by atoms with Gasteiger partial charge in [-0.05, 0) is 49.2 Å². The molecule has 0 saturated carbocycles. The first-order chi connectivity index (χ1) is 14.9. The molecule has 0 N–H and O–H groups in total. The second-order valence-electron chi connectivity index (χ2n) is 6.88. The molecule has 0 saturated heterocycles. The summed E-state index contributed by atoms with van der Waals surface area (Å²) >= 11 is 7.46. The number of aromatic nitrogens is 1. The number of nitrogens with zero attached hydrogens (tertiary/aromatic N) is 2. The van der Waals surface area contributed by atoms with Gasteiger partial charge in [0, 0.05) is 5.02 Å². The highest BCUT2D eigenvalue weighted by Gasteiger charge is 2.33. The first-order valence-electron chi connectivity index (χ1n) is 9.60. The Labute approximate surface area is 186 Å². The van der Waals surface area contributed by atoms with E-state index in [1.54, 1.807) is 38.1 Å². The van der Waals surface area contributed by atoms with Crippen LogP contribution in [0.15, 0.2) is 69.6 Å². The number of allylic oxidation sites excluding steroid dienone is 1. The number of hydrogen-bond acceptors (Lipinski definition) is 5. The van der Waals surface area contributed by atoms with E-state index in [4.69, 9.17) is 16.3 Å². The summed E-state index contributed by atoms with van der Waals surface area (Å²) in [5.74, 6) is -0.966. The first-order valence-corrected chi connectivity index (χ1v) is 10.8. The predicted molar refractivity (Wildman–Crippen MR) is 118 cm³/mol. The number of fused-ring (bicyclic) bond motifs is 1. The molecule has 0 unspecified atom stereocenters. The highest BCUT2D eigenvalue weighted by Crippen LogP contribution is 2.30. The molecule has 1 aliphatic heterocycles. The fourth-order valence-electron chi connectivity index (χ4n) is 3.49. The van der Waals surface area contributed by atoms with Crippen molar-refractivity contribution in [2.75, 3.05) is 6.61 Å². The minimum absolute atomic E-state index is 0.183. The van der Waals surface area contributed by atoms with Gasteiger partial charge in [0.1, 0.15) is 5.82 Å². The van der Waals surface area contributed by atoms with Crippen molar-refractivity contribution in [1.29, 1.82) is 0 Å². The second-order valence-corrected chi connectivity index (χ2v) is 8.29. The van der Waals surface area contributed by atoms with Gasteiger partial charge in [-0.3, -0.25) is 9.36 Å². The van der Waals surface area contributed by atoms with E-state index in [-0.39, 0.29) is 17.7 Å². The van der Waals surface area contributed by atoms with Crippen molar-refractivity contribution in [2.24, 2.45) is 4.99 Å². The van der Waals surface area contributed by atoms with Crippen LogP contribution in [-0.2, 0) is 9.53 Å². The maximum atomic E-state index is 13.6. The van der Waals surface area contributed by atoms with Crippen molar-refractivity contribution in [2.45, 2.75) is 19.9 Å². The van der Waals surface area contributed by atoms with Crippen LogP contribution in [-0.4, -0.2) is 17.1 Å². The molecule has 4 rings (SSSR count). The molecule has 8 heteroatoms. The van der Waals surface area contributed by atoms with Crippen molar-refractivity contribution in [3.05, 3.63) is 101 Å². The van der Waals surface area contributed by atoms with Gasteiger partial charge in [-0.25, -0.2) is 14.2 Å². The smallest absolute Gasteiger partial charge is 0.338 e. The number of hydrogen-bond donors (Lipinski definition) is 0. The standard InChI is InChI=1S/C23H18ClFN2O3S/c1-3-30-22(29)19-13(2)26-23-27(20(19)14-8-10-16(25)11-9-14)21(28)18(31-23)12-15-6-4-5-7-17(15)24/h4-12,20H,3H2,1-2H3/b18-12+/t20-/m1/s1. The lowest BCUT2D eigenvalue weighted by atomic mass is 9.96. The lowest BCUT2D eigenvalue weighted by Gasteiger charge is -2.24. The normalized spacial score (nSPS) is 16.1. The Morgan fingerprint density at radius 1 is 1.26 bits per heavy atom. The first kappa shape index (κ1) is 21.2. The Kier molecular flexibility index (Phi) is 5.89. The van der Waals surface area contributed by atoms with Gasteiger partial charge in [0.2, 0.25) is 0 Å². The van der Waals surface area contributed by atoms with Gasteiger partial charge >= 0.3 is 5.97 Å². The summed E-state index contributed by atoms with van der Waals surface area (Å²) in [6.45, 7) is 3.59. The van der Waals surface area contributed by atoms with Crippen LogP contribution < -0.4 is 14.9 Å². The number of benzene rings is 2. The van der Waals surface area contributed by atoms with Crippen molar-refractivity contribution in [1.82, 2.24) is 4.57 Å². The topological polar surface area (TPSA) is 60.7 Å². The molecule has 0 fully saturated rings. The molecule has 3 aromatic rings. The summed E-state index contributed by atoms with van der Waals surface area (Å²) in [5.41, 5.74) is 1.69. The highest BCUT2D eigenvalue weighted by molar-refractivity contribution is 7.07. The van der Waals surface area contributed by atoms with E-state index in [1.165, 1.54) is 28.0 Å². The molecule has 0 spiro atoms. The second kappa shape index (κ2) is 8.61. The molecule has 1 aliphatic rings. The highest BCUT2D eigenvalue weighted by atomic mass is 35.5. The van der Waals surface area contributed by atoms with Crippen LogP contribution in [0.4, 0.5) is 4.39 Å². The Balaban J connectivity index is 1.97. The Hall–Kier alpha value is -3.03. The quantitative estimate of drug-likeness (QED) is 0.564. The minimum atomic E-state index is -0.774. The third-order valence-electron chi connectivity index (χ3n) is 4.89. The van der Waals surface area contributed by atoms with Gasteiger partial charge in [-0.1, -0.05) is 53.3 Å². The summed E-state index contributed by atoms with van der Waals surface area (Å²) in [7, 11) is 0. The lowest BCUT2D eigenvalue weighted by molar-refractivity contribution is -0.139. The molecular weight excluding hydrogens is 439 g/mol. The summed E-state index contributed by atoms with van der Waals surface area (Å²) in [6.07, 6.45) is 1.71. The van der Waals surface area contributed by atoms with Crippen LogP contribution in [0.3, 0.4) is 0 Å². The Bertz CT molecular complexity index is 1370. The van der Waals surface area contributed by atoms with E-state index in [0.717, 1.165) is 0 Å². The number of carbonyl (C=O) groups excluding carboxylic acids is 1. The van der Waals surface area contributed by atoms with E-state index >= 15 is 0 Å². The fourth-order valence-corrected chi connectivity index (χ4v) is 4.71. The van der Waals surface area contributed by atoms with Crippen molar-refractivity contribution in [3.63, 3.8) is 0 Å². The molecule has 0 bridgehead atoms. The number of halogens is 2. The van der Waals surface area contributed by atoms with Crippen LogP contribution in [0.2, 0.25) is 5.02 Å². The van der Waals surface area contributed by atoms with Crippen LogP contribution in [0.5, 0.6) is 0 Å². The maximum absolute atomic E-state index is 13.6. The zero-order valence-corrected chi connectivity index (χ0v) is 18.3. The van der Waals surface area contributed by atoms with Gasteiger partial charge in [-0.2, -0.15) is 0 Å². The zero-order chi connectivity index (χ0) is 22.1. The molecule has 0 amide bonds. The summed E-state index contributed by atoms with van der Waals surface area (Å²) in [4.78, 5) is 31.1. The van der Waals surface area contributed by atoms with E-state index in [0.29, 0.717) is 31.2 Å². The molecule has 1 atom stereocenters. The van der Waals surface area contributed by atoms with Crippen molar-refractivity contribution in [3.8, 4) is 0 Å². The number of carbonyl (C=O) groups is 1. The number of esters is 1. The van der Waals surface area contributed by atoms with E-state index < -0.39 is 17.8 Å². The molecule has 2 aromatic carbocycles. The van der Waals surface area contributed by atoms with Gasteiger partial charge in [0.05, 0.1) is 28.5 Å². The van der Waals surface area contributed by atoms with Gasteiger partial charge in [0.25, 0.3) is 5.56 Å². The van der Waals surface area contributed by atoms with E-state index in [9.17, 15) is 14.0 Å².